The Bertz CT molecular complexity index is 337. The molecule has 0 aromatic heterocycles. The first-order valence-electron chi connectivity index (χ1n) is 5.66. The van der Waals surface area contributed by atoms with Gasteiger partial charge in [0, 0.05) is 12.2 Å². The third kappa shape index (κ3) is 2.54. The van der Waals surface area contributed by atoms with Crippen molar-refractivity contribution in [3.63, 3.8) is 0 Å². The lowest BCUT2D eigenvalue weighted by Crippen LogP contribution is -2.33. The van der Waals surface area contributed by atoms with Gasteiger partial charge in [0.25, 0.3) is 0 Å². The Morgan fingerprint density at radius 2 is 2.00 bits per heavy atom. The van der Waals surface area contributed by atoms with Gasteiger partial charge in [0.1, 0.15) is 0 Å². The zero-order valence-corrected chi connectivity index (χ0v) is 10.1. The summed E-state index contributed by atoms with van der Waals surface area (Å²) in [5, 5.41) is 13.1. The van der Waals surface area contributed by atoms with E-state index in [0.29, 0.717) is 0 Å². The Morgan fingerprint density at radius 1 is 1.33 bits per heavy atom. The quantitative estimate of drug-likeness (QED) is 0.734. The third-order valence-corrected chi connectivity index (χ3v) is 2.77. The number of nitrogens with one attached hydrogen (secondary N) is 1. The van der Waals surface area contributed by atoms with Crippen molar-refractivity contribution < 1.29 is 5.02 Å². The molecule has 0 atom stereocenters. The Morgan fingerprint density at radius 3 is 2.47 bits per heavy atom. The molecule has 15 heavy (non-hydrogen) atoms. The molecule has 0 unspecified atom stereocenters. The highest BCUT2D eigenvalue weighted by atomic mass is 16.2. The van der Waals surface area contributed by atoms with E-state index in [1.807, 2.05) is 6.82 Å². The van der Waals surface area contributed by atoms with E-state index in [1.165, 1.54) is 11.1 Å². The lowest BCUT2D eigenvalue weighted by Gasteiger charge is -2.16. The van der Waals surface area contributed by atoms with Crippen molar-refractivity contribution in [2.24, 2.45) is 0 Å². The monoisotopic (exact) mass is 205 g/mol. The third-order valence-electron chi connectivity index (χ3n) is 2.77. The van der Waals surface area contributed by atoms with E-state index in [4.69, 9.17) is 0 Å². The predicted molar refractivity (Wildman–Crippen MR) is 68.2 cm³/mol. The summed E-state index contributed by atoms with van der Waals surface area (Å²) >= 11 is 0. The van der Waals surface area contributed by atoms with Crippen LogP contribution in [0.3, 0.4) is 0 Å². The van der Waals surface area contributed by atoms with Crippen LogP contribution in [0.1, 0.15) is 25.0 Å². The van der Waals surface area contributed by atoms with Gasteiger partial charge in [-0.15, -0.1) is 0 Å². The zero-order chi connectivity index (χ0) is 11.4. The van der Waals surface area contributed by atoms with Crippen molar-refractivity contribution in [3.8, 4) is 0 Å². The molecule has 0 aliphatic carbocycles. The molecule has 0 spiro atoms. The maximum absolute atomic E-state index is 9.78. The number of hydrogen-bond acceptors (Lipinski definition) is 2. The summed E-state index contributed by atoms with van der Waals surface area (Å²) in [5.41, 5.74) is 4.62. The highest BCUT2D eigenvalue weighted by Crippen LogP contribution is 2.15. The molecular weight excluding hydrogens is 185 g/mol. The highest BCUT2D eigenvalue weighted by Gasteiger charge is 2.16. The van der Waals surface area contributed by atoms with Gasteiger partial charge < -0.3 is 10.3 Å². The first-order chi connectivity index (χ1) is 7.11. The molecule has 3 heteroatoms. The average Bonchev–Trinajstić information content (AvgIpc) is 2.20. The fourth-order valence-electron chi connectivity index (χ4n) is 2.06. The van der Waals surface area contributed by atoms with Crippen LogP contribution >= 0.6 is 0 Å². The van der Waals surface area contributed by atoms with Crippen LogP contribution in [-0.4, -0.2) is 18.5 Å². The van der Waals surface area contributed by atoms with Crippen LogP contribution in [0, 0.1) is 6.92 Å². The second kappa shape index (κ2) is 5.22. The van der Waals surface area contributed by atoms with E-state index in [2.05, 4.69) is 38.2 Å². The molecule has 2 N–H and O–H groups in total. The van der Waals surface area contributed by atoms with E-state index in [-0.39, 0.29) is 0 Å². The Balaban J connectivity index is 3.23. The largest absolute Gasteiger partial charge is 0.446 e. The Labute approximate surface area is 92.8 Å². The number of anilines is 1. The van der Waals surface area contributed by atoms with Gasteiger partial charge in [0.15, 0.2) is 0 Å². The molecule has 0 fully saturated rings. The van der Waals surface area contributed by atoms with Crippen LogP contribution in [0.25, 0.3) is 0 Å². The van der Waals surface area contributed by atoms with Crippen LogP contribution in [0.5, 0.6) is 0 Å². The van der Waals surface area contributed by atoms with Gasteiger partial charge in [0.2, 0.25) is 0 Å². The number of rotatable bonds is 4. The van der Waals surface area contributed by atoms with Crippen molar-refractivity contribution in [2.75, 3.05) is 11.9 Å². The molecule has 0 amide bonds. The maximum atomic E-state index is 9.78. The molecular formula is C12H20BNO. The molecule has 0 saturated carbocycles. The predicted octanol–water partition coefficient (Wildman–Crippen LogP) is 1.81. The molecule has 0 aliphatic rings. The summed E-state index contributed by atoms with van der Waals surface area (Å²) in [6, 6.07) is 4.20. The normalized spacial score (nSPS) is 10.2. The molecule has 0 bridgehead atoms. The summed E-state index contributed by atoms with van der Waals surface area (Å²) in [5.74, 6) is 0. The molecule has 0 heterocycles. The summed E-state index contributed by atoms with van der Waals surface area (Å²) in [6.45, 7) is 8.61. The van der Waals surface area contributed by atoms with Crippen molar-refractivity contribution in [3.05, 3.63) is 23.3 Å². The van der Waals surface area contributed by atoms with Crippen molar-refractivity contribution >= 4 is 18.1 Å². The van der Waals surface area contributed by atoms with E-state index in [1.54, 1.807) is 0 Å². The Kier molecular flexibility index (Phi) is 4.21. The zero-order valence-electron chi connectivity index (χ0n) is 10.1. The number of hydrogen-bond donors (Lipinski definition) is 2. The second-order valence-electron chi connectivity index (χ2n) is 3.87. The molecule has 2 nitrogen and oxygen atoms in total. The van der Waals surface area contributed by atoms with Gasteiger partial charge in [-0.1, -0.05) is 25.4 Å². The standard InChI is InChI=1S/C12H20BNO/c1-5-10-7-8-11(14-6-2)9(3)12(10)13(4)15/h7-8,14-15H,5-6H2,1-4H3. The smallest absolute Gasteiger partial charge is 0.321 e. The van der Waals surface area contributed by atoms with Crippen molar-refractivity contribution in [1.82, 2.24) is 0 Å². The van der Waals surface area contributed by atoms with Crippen molar-refractivity contribution in [1.29, 1.82) is 0 Å². The van der Waals surface area contributed by atoms with Crippen LogP contribution < -0.4 is 10.8 Å². The van der Waals surface area contributed by atoms with Gasteiger partial charge in [-0.05, 0) is 37.4 Å². The summed E-state index contributed by atoms with van der Waals surface area (Å²) in [4.78, 5) is 0. The van der Waals surface area contributed by atoms with E-state index in [9.17, 15) is 5.02 Å². The fraction of sp³-hybridized carbons (Fsp3) is 0.500. The second-order valence-corrected chi connectivity index (χ2v) is 3.87. The lowest BCUT2D eigenvalue weighted by atomic mass is 9.60. The lowest BCUT2D eigenvalue weighted by molar-refractivity contribution is 0.593. The minimum absolute atomic E-state index is 0.390. The van der Waals surface area contributed by atoms with E-state index < -0.39 is 6.92 Å². The molecule has 1 aromatic carbocycles. The average molecular weight is 205 g/mol. The summed E-state index contributed by atoms with van der Waals surface area (Å²) < 4.78 is 0. The van der Waals surface area contributed by atoms with Crippen LogP contribution in [0.4, 0.5) is 5.69 Å². The molecule has 1 aromatic rings. The van der Waals surface area contributed by atoms with Gasteiger partial charge in [-0.3, -0.25) is 0 Å². The van der Waals surface area contributed by atoms with Crippen LogP contribution in [0.15, 0.2) is 12.1 Å². The van der Waals surface area contributed by atoms with Crippen LogP contribution in [-0.2, 0) is 6.42 Å². The topological polar surface area (TPSA) is 32.3 Å². The first kappa shape index (κ1) is 12.1. The van der Waals surface area contributed by atoms with Gasteiger partial charge in [-0.2, -0.15) is 0 Å². The molecule has 0 saturated heterocycles. The molecule has 1 rings (SSSR count). The maximum Gasteiger partial charge on any atom is 0.321 e. The first-order valence-corrected chi connectivity index (χ1v) is 5.66. The molecule has 0 aliphatic heterocycles. The highest BCUT2D eigenvalue weighted by molar-refractivity contribution is 6.66. The molecule has 82 valence electrons. The van der Waals surface area contributed by atoms with E-state index in [0.717, 1.165) is 24.1 Å². The summed E-state index contributed by atoms with van der Waals surface area (Å²) in [6.07, 6.45) is 0.966. The van der Waals surface area contributed by atoms with Gasteiger partial charge in [-0.25, -0.2) is 0 Å². The minimum Gasteiger partial charge on any atom is -0.446 e. The van der Waals surface area contributed by atoms with E-state index >= 15 is 0 Å². The molecule has 0 radical (unpaired) electrons. The van der Waals surface area contributed by atoms with Gasteiger partial charge >= 0.3 is 6.92 Å². The van der Waals surface area contributed by atoms with Crippen LogP contribution in [0.2, 0.25) is 6.82 Å². The number of aryl methyl sites for hydroxylation is 1. The fourth-order valence-corrected chi connectivity index (χ4v) is 2.06. The number of benzene rings is 1. The Hall–Kier alpha value is -0.955. The SMILES string of the molecule is CCNc1ccc(CC)c(B(C)O)c1C. The van der Waals surface area contributed by atoms with Gasteiger partial charge in [0.05, 0.1) is 0 Å². The summed E-state index contributed by atoms with van der Waals surface area (Å²) in [7, 11) is 0. The van der Waals surface area contributed by atoms with Crippen molar-refractivity contribution in [2.45, 2.75) is 34.0 Å². The minimum atomic E-state index is -0.390.